The number of piperidine rings is 1. The summed E-state index contributed by atoms with van der Waals surface area (Å²) in [6.07, 6.45) is 2.91. The lowest BCUT2D eigenvalue weighted by Crippen LogP contribution is -2.46. The van der Waals surface area contributed by atoms with E-state index in [9.17, 15) is 13.2 Å². The van der Waals surface area contributed by atoms with Crippen LogP contribution in [0.1, 0.15) is 43.5 Å². The minimum atomic E-state index is -3.50. The number of piperazine rings is 1. The minimum absolute atomic E-state index is 0.0377. The second-order valence-corrected chi connectivity index (χ2v) is 11.5. The zero-order valence-corrected chi connectivity index (χ0v) is 21.2. The molecule has 2 fully saturated rings. The first-order valence-electron chi connectivity index (χ1n) is 12.4. The molecule has 2 aliphatic heterocycles. The molecule has 0 radical (unpaired) electrons. The van der Waals surface area contributed by atoms with E-state index in [1.807, 2.05) is 49.4 Å². The van der Waals surface area contributed by atoms with Gasteiger partial charge in [-0.15, -0.1) is 0 Å². The van der Waals surface area contributed by atoms with E-state index in [2.05, 4.69) is 9.80 Å². The van der Waals surface area contributed by atoms with Crippen LogP contribution in [-0.4, -0.2) is 62.3 Å². The molecule has 8 heteroatoms. The van der Waals surface area contributed by atoms with E-state index in [4.69, 9.17) is 4.98 Å². The Kier molecular flexibility index (Phi) is 6.51. The van der Waals surface area contributed by atoms with Gasteiger partial charge in [0.15, 0.2) is 5.78 Å². The molecule has 0 saturated carbocycles. The van der Waals surface area contributed by atoms with Crippen molar-refractivity contribution in [2.24, 2.45) is 0 Å². The number of carbonyl (C=O) groups is 1. The molecule has 0 aliphatic carbocycles. The van der Waals surface area contributed by atoms with Crippen LogP contribution in [0.5, 0.6) is 0 Å². The standard InChI is InChI=1S/C27H32N4O3S/c1-20-5-3-4-14-31(20)35(33,34)25-11-12-26-23(19-25)8-13-27(28-26)30-17-15-29(16-18-30)24-9-6-22(7-10-24)21(2)32/h6-13,19-20H,3-5,14-18H2,1-2H3/t20-/m0/s1. The van der Waals surface area contributed by atoms with Crippen LogP contribution in [0.2, 0.25) is 0 Å². The number of hydrogen-bond donors (Lipinski definition) is 0. The number of carbonyl (C=O) groups excluding carboxylic acids is 1. The van der Waals surface area contributed by atoms with Gasteiger partial charge in [0.25, 0.3) is 0 Å². The summed E-state index contributed by atoms with van der Waals surface area (Å²) in [6.45, 7) is 7.57. The SMILES string of the molecule is CC(=O)c1ccc(N2CCN(c3ccc4cc(S(=O)(=O)N5CCCC[C@@H]5C)ccc4n3)CC2)cc1. The van der Waals surface area contributed by atoms with Crippen LogP contribution in [0.4, 0.5) is 11.5 Å². The molecule has 3 heterocycles. The van der Waals surface area contributed by atoms with Crippen molar-refractivity contribution in [2.75, 3.05) is 42.5 Å². The first-order chi connectivity index (χ1) is 16.8. The number of fused-ring (bicyclic) bond motifs is 1. The highest BCUT2D eigenvalue weighted by molar-refractivity contribution is 7.89. The normalized spacial score (nSPS) is 19.8. The van der Waals surface area contributed by atoms with Gasteiger partial charge in [0.1, 0.15) is 5.82 Å². The van der Waals surface area contributed by atoms with Gasteiger partial charge < -0.3 is 9.80 Å². The van der Waals surface area contributed by atoms with E-state index in [0.29, 0.717) is 11.4 Å². The Morgan fingerprint density at radius 1 is 0.886 bits per heavy atom. The third-order valence-electron chi connectivity index (χ3n) is 7.24. The highest BCUT2D eigenvalue weighted by atomic mass is 32.2. The predicted molar refractivity (Wildman–Crippen MR) is 140 cm³/mol. The van der Waals surface area contributed by atoms with Crippen molar-refractivity contribution in [3.05, 3.63) is 60.2 Å². The van der Waals surface area contributed by atoms with Crippen LogP contribution >= 0.6 is 0 Å². The van der Waals surface area contributed by atoms with Crippen molar-refractivity contribution in [3.63, 3.8) is 0 Å². The molecule has 0 N–H and O–H groups in total. The summed E-state index contributed by atoms with van der Waals surface area (Å²) < 4.78 is 28.1. The molecular weight excluding hydrogens is 460 g/mol. The largest absolute Gasteiger partial charge is 0.368 e. The van der Waals surface area contributed by atoms with Gasteiger partial charge >= 0.3 is 0 Å². The number of ketones is 1. The van der Waals surface area contributed by atoms with Crippen LogP contribution in [0, 0.1) is 0 Å². The van der Waals surface area contributed by atoms with Gasteiger partial charge in [-0.1, -0.05) is 6.42 Å². The summed E-state index contributed by atoms with van der Waals surface area (Å²) in [5.41, 5.74) is 2.66. The third kappa shape index (κ3) is 4.77. The zero-order chi connectivity index (χ0) is 24.6. The van der Waals surface area contributed by atoms with E-state index in [1.54, 1.807) is 23.4 Å². The molecule has 0 unspecified atom stereocenters. The van der Waals surface area contributed by atoms with Crippen LogP contribution in [0.15, 0.2) is 59.5 Å². The van der Waals surface area contributed by atoms with Gasteiger partial charge in [-0.25, -0.2) is 13.4 Å². The summed E-state index contributed by atoms with van der Waals surface area (Å²) in [5.74, 6) is 0.985. The fourth-order valence-corrected chi connectivity index (χ4v) is 6.83. The Morgan fingerprint density at radius 3 is 2.29 bits per heavy atom. The number of benzene rings is 2. The number of hydrogen-bond acceptors (Lipinski definition) is 6. The van der Waals surface area contributed by atoms with Gasteiger partial charge in [0, 0.05) is 55.4 Å². The van der Waals surface area contributed by atoms with Gasteiger partial charge in [-0.2, -0.15) is 4.31 Å². The minimum Gasteiger partial charge on any atom is -0.368 e. The summed E-state index contributed by atoms with van der Waals surface area (Å²) in [5, 5.41) is 0.837. The quantitative estimate of drug-likeness (QED) is 0.494. The summed E-state index contributed by atoms with van der Waals surface area (Å²) in [6, 6.07) is 17.1. The maximum absolute atomic E-state index is 13.2. The smallest absolute Gasteiger partial charge is 0.243 e. The lowest BCUT2D eigenvalue weighted by atomic mass is 10.1. The van der Waals surface area contributed by atoms with Crippen LogP contribution in [0.25, 0.3) is 10.9 Å². The molecule has 5 rings (SSSR count). The number of nitrogens with zero attached hydrogens (tertiary/aromatic N) is 4. The van der Waals surface area contributed by atoms with Crippen molar-refractivity contribution in [3.8, 4) is 0 Å². The average molecular weight is 493 g/mol. The van der Waals surface area contributed by atoms with Crippen molar-refractivity contribution in [1.29, 1.82) is 0 Å². The van der Waals surface area contributed by atoms with E-state index in [-0.39, 0.29) is 11.8 Å². The maximum Gasteiger partial charge on any atom is 0.243 e. The van der Waals surface area contributed by atoms with E-state index >= 15 is 0 Å². The van der Waals surface area contributed by atoms with Crippen LogP contribution < -0.4 is 9.80 Å². The summed E-state index contributed by atoms with van der Waals surface area (Å²) >= 11 is 0. The van der Waals surface area contributed by atoms with Crippen LogP contribution in [0.3, 0.4) is 0 Å². The number of rotatable bonds is 5. The number of sulfonamides is 1. The molecule has 2 saturated heterocycles. The molecule has 7 nitrogen and oxygen atoms in total. The molecule has 1 aromatic heterocycles. The maximum atomic E-state index is 13.2. The van der Waals surface area contributed by atoms with Crippen molar-refractivity contribution < 1.29 is 13.2 Å². The molecule has 35 heavy (non-hydrogen) atoms. The molecule has 184 valence electrons. The van der Waals surface area contributed by atoms with Crippen molar-refractivity contribution in [2.45, 2.75) is 44.0 Å². The van der Waals surface area contributed by atoms with E-state index in [1.165, 1.54) is 0 Å². The van der Waals surface area contributed by atoms with Crippen molar-refractivity contribution >= 4 is 38.2 Å². The van der Waals surface area contributed by atoms with Gasteiger partial charge in [0.2, 0.25) is 10.0 Å². The lowest BCUT2D eigenvalue weighted by molar-refractivity contribution is 0.101. The van der Waals surface area contributed by atoms with Gasteiger partial charge in [0.05, 0.1) is 10.4 Å². The Morgan fingerprint density at radius 2 is 1.60 bits per heavy atom. The lowest BCUT2D eigenvalue weighted by Gasteiger charge is -2.36. The Balaban J connectivity index is 1.29. The fraction of sp³-hybridized carbons (Fsp3) is 0.407. The molecule has 0 spiro atoms. The second-order valence-electron chi connectivity index (χ2n) is 9.56. The Bertz CT molecular complexity index is 1330. The van der Waals surface area contributed by atoms with E-state index < -0.39 is 10.0 Å². The predicted octanol–water partition coefficient (Wildman–Crippen LogP) is 4.33. The number of anilines is 2. The topological polar surface area (TPSA) is 73.8 Å². The molecule has 3 aromatic rings. The number of aromatic nitrogens is 1. The average Bonchev–Trinajstić information content (AvgIpc) is 2.88. The molecule has 1 atom stereocenters. The Labute approximate surface area is 207 Å². The number of Topliss-reactive ketones (excluding diaryl/α,β-unsaturated/α-hetero) is 1. The van der Waals surface area contributed by atoms with Crippen molar-refractivity contribution in [1.82, 2.24) is 9.29 Å². The highest BCUT2D eigenvalue weighted by Gasteiger charge is 2.31. The molecule has 2 aliphatic rings. The fourth-order valence-electron chi connectivity index (χ4n) is 5.09. The highest BCUT2D eigenvalue weighted by Crippen LogP contribution is 2.28. The van der Waals surface area contributed by atoms with Gasteiger partial charge in [-0.3, -0.25) is 4.79 Å². The first kappa shape index (κ1) is 23.8. The number of pyridine rings is 1. The third-order valence-corrected chi connectivity index (χ3v) is 9.25. The molecular formula is C27H32N4O3S. The Hall–Kier alpha value is -2.97. The van der Waals surface area contributed by atoms with Gasteiger partial charge in [-0.05, 0) is 81.3 Å². The van der Waals surface area contributed by atoms with E-state index in [0.717, 1.165) is 73.4 Å². The monoisotopic (exact) mass is 492 g/mol. The summed E-state index contributed by atoms with van der Waals surface area (Å²) in [4.78, 5) is 21.3. The zero-order valence-electron chi connectivity index (χ0n) is 20.4. The second kappa shape index (κ2) is 9.59. The molecule has 2 aromatic carbocycles. The first-order valence-corrected chi connectivity index (χ1v) is 13.8. The van der Waals surface area contributed by atoms with Crippen LogP contribution in [-0.2, 0) is 10.0 Å². The molecule has 0 bridgehead atoms. The molecule has 0 amide bonds. The summed E-state index contributed by atoms with van der Waals surface area (Å²) in [7, 11) is -3.50.